The molecule has 0 aliphatic carbocycles. The molecule has 30 heteroatoms. The Morgan fingerprint density at radius 1 is 0.391 bits per heavy atom. The highest BCUT2D eigenvalue weighted by Crippen LogP contribution is 2.47. The molecule has 3 aliphatic rings. The predicted molar refractivity (Wildman–Crippen MR) is 498 cm³/mol. The van der Waals surface area contributed by atoms with E-state index >= 15 is 0 Å². The van der Waals surface area contributed by atoms with Gasteiger partial charge in [0, 0.05) is 50.8 Å². The fraction of sp³-hybridized carbons (Fsp3) is 0.306. The van der Waals surface area contributed by atoms with E-state index < -0.39 is 29.4 Å². The van der Waals surface area contributed by atoms with Gasteiger partial charge in [-0.15, -0.1) is 34.0 Å². The van der Waals surface area contributed by atoms with Gasteiger partial charge < -0.3 is 65.1 Å². The summed E-state index contributed by atoms with van der Waals surface area (Å²) in [5, 5.41) is 29.1. The summed E-state index contributed by atoms with van der Waals surface area (Å²) >= 11 is 4.77. The van der Waals surface area contributed by atoms with Crippen molar-refractivity contribution in [2.75, 3.05) is 92.2 Å². The SMILES string of the molecule is C.CC(C)(C)OC(=O)Nc1ccc(-c2ccc(F)cc2)cc1N.CCOc1csc(C2(c3ccc(C(=O)Nc4cc(-c5ccc(F)cc5)ccc4N)cc3)CCOCC2)n1.CCOc1csc(C2(c3ccc(C(=O)Nc4cc(-c5ccc(F)cc5)ccc4NC(=O)OC(C)(C)C)cc3)CCOCC2)n1.CCOc1csc(C2(c3ccc(C(=O)O)cc3)CCOCC2)n1.F. The Hall–Kier alpha value is -12.6. The van der Waals surface area contributed by atoms with Crippen LogP contribution in [0.2, 0.25) is 0 Å². The van der Waals surface area contributed by atoms with Gasteiger partial charge in [0.2, 0.25) is 17.6 Å². The second-order valence-electron chi connectivity index (χ2n) is 31.9. The van der Waals surface area contributed by atoms with E-state index in [-0.39, 0.29) is 57.6 Å². The summed E-state index contributed by atoms with van der Waals surface area (Å²) in [6.07, 6.45) is 3.61. The molecule has 23 nitrogen and oxygen atoms in total. The number of hydrogen-bond acceptors (Lipinski definition) is 21. The number of carboxylic acids is 1. The van der Waals surface area contributed by atoms with E-state index in [2.05, 4.69) is 26.3 Å². The lowest BCUT2D eigenvalue weighted by Crippen LogP contribution is -2.35. The van der Waals surface area contributed by atoms with Gasteiger partial charge in [0.1, 0.15) is 43.7 Å². The van der Waals surface area contributed by atoms with Gasteiger partial charge in [-0.25, -0.2) is 42.5 Å². The zero-order chi connectivity index (χ0) is 89.8. The highest BCUT2D eigenvalue weighted by atomic mass is 32.1. The van der Waals surface area contributed by atoms with Crippen molar-refractivity contribution in [2.24, 2.45) is 0 Å². The van der Waals surface area contributed by atoms with E-state index in [1.165, 1.54) is 36.4 Å². The lowest BCUT2D eigenvalue weighted by atomic mass is 9.74. The normalized spacial score (nSPS) is 14.2. The van der Waals surface area contributed by atoms with Gasteiger partial charge in [-0.1, -0.05) is 98.4 Å². The molecule has 3 aromatic heterocycles. The smallest absolute Gasteiger partial charge is 0.412 e. The van der Waals surface area contributed by atoms with Crippen LogP contribution in [0.15, 0.2) is 216 Å². The summed E-state index contributed by atoms with van der Waals surface area (Å²) in [7, 11) is 0. The molecule has 0 unspecified atom stereocenters. The molecule has 12 aromatic rings. The number of carbonyl (C=O) groups excluding carboxylic acids is 4. The van der Waals surface area contributed by atoms with Gasteiger partial charge in [-0.3, -0.25) is 24.9 Å². The van der Waals surface area contributed by atoms with Crippen molar-refractivity contribution in [1.82, 2.24) is 15.0 Å². The topological polar surface area (TPSA) is 318 Å². The van der Waals surface area contributed by atoms with Crippen LogP contribution in [0.3, 0.4) is 0 Å². The summed E-state index contributed by atoms with van der Waals surface area (Å²) in [5.41, 5.74) is 21.9. The lowest BCUT2D eigenvalue weighted by molar-refractivity contribution is 0.0624. The van der Waals surface area contributed by atoms with E-state index in [9.17, 15) is 37.1 Å². The number of carboxylic acid groups (broad SMARTS) is 1. The number of carbonyl (C=O) groups is 5. The number of amides is 4. The number of thiazole rings is 3. The van der Waals surface area contributed by atoms with E-state index in [0.29, 0.717) is 128 Å². The monoisotopic (exact) mass is 1810 g/mol. The third-order valence-corrected chi connectivity index (χ3v) is 24.2. The summed E-state index contributed by atoms with van der Waals surface area (Å²) in [5.74, 6) is -0.550. The highest BCUT2D eigenvalue weighted by Gasteiger charge is 2.42. The number of benzene rings is 9. The molecule has 9 N–H and O–H groups in total. The zero-order valence-corrected chi connectivity index (χ0v) is 74.4. The molecule has 0 saturated carbocycles. The molecule has 3 saturated heterocycles. The minimum atomic E-state index is -0.912. The first-order valence-corrected chi connectivity index (χ1v) is 44.0. The maximum Gasteiger partial charge on any atom is 0.412 e. The number of anilines is 6. The average molecular weight is 1810 g/mol. The second kappa shape index (κ2) is 44.2. The van der Waals surface area contributed by atoms with E-state index in [4.69, 9.17) is 64.4 Å². The van der Waals surface area contributed by atoms with E-state index in [0.717, 1.165) is 104 Å². The number of rotatable bonds is 22. The third kappa shape index (κ3) is 25.2. The fourth-order valence-electron chi connectivity index (χ4n) is 14.7. The minimum Gasteiger partial charge on any atom is -0.478 e. The van der Waals surface area contributed by atoms with Crippen LogP contribution >= 0.6 is 34.0 Å². The zero-order valence-electron chi connectivity index (χ0n) is 71.9. The molecule has 3 aliphatic heterocycles. The van der Waals surface area contributed by atoms with Gasteiger partial charge >= 0.3 is 18.2 Å². The Morgan fingerprint density at radius 2 is 0.688 bits per heavy atom. The Kier molecular flexibility index (Phi) is 33.7. The molecule has 4 amide bonds. The molecule has 674 valence electrons. The quantitative estimate of drug-likeness (QED) is 0.0245. The Balaban J connectivity index is 0.000000184. The van der Waals surface area contributed by atoms with Crippen LogP contribution in [0.5, 0.6) is 17.6 Å². The van der Waals surface area contributed by atoms with Crippen molar-refractivity contribution in [3.63, 3.8) is 0 Å². The van der Waals surface area contributed by atoms with Crippen LogP contribution in [0.4, 0.5) is 61.6 Å². The number of aromatic nitrogens is 3. The molecule has 0 atom stereocenters. The summed E-state index contributed by atoms with van der Waals surface area (Å²) in [4.78, 5) is 76.2. The molecule has 0 spiro atoms. The van der Waals surface area contributed by atoms with E-state index in [1.807, 2.05) is 91.5 Å². The summed E-state index contributed by atoms with van der Waals surface area (Å²) in [6.45, 7) is 22.1. The molecule has 9 aromatic carbocycles. The molecule has 0 radical (unpaired) electrons. The molecule has 0 bridgehead atoms. The van der Waals surface area contributed by atoms with Gasteiger partial charge in [-0.05, 0) is 260 Å². The van der Waals surface area contributed by atoms with Crippen LogP contribution in [-0.2, 0) is 39.9 Å². The number of hydrogen-bond donors (Lipinski definition) is 7. The number of ether oxygens (including phenoxy) is 8. The van der Waals surface area contributed by atoms with E-state index in [1.54, 1.807) is 185 Å². The van der Waals surface area contributed by atoms with Crippen molar-refractivity contribution < 1.29 is 84.8 Å². The van der Waals surface area contributed by atoms with Crippen molar-refractivity contribution in [1.29, 1.82) is 0 Å². The Morgan fingerprint density at radius 3 is 1.02 bits per heavy atom. The largest absolute Gasteiger partial charge is 0.478 e. The number of nitrogen functional groups attached to an aromatic ring is 2. The molecule has 3 fully saturated rings. The van der Waals surface area contributed by atoms with Gasteiger partial charge in [-0.2, -0.15) is 0 Å². The highest BCUT2D eigenvalue weighted by molar-refractivity contribution is 7.10. The number of nitrogens with one attached hydrogen (secondary N) is 4. The van der Waals surface area contributed by atoms with Crippen molar-refractivity contribution in [2.45, 2.75) is 136 Å². The fourth-order valence-corrected chi connectivity index (χ4v) is 17.8. The minimum absolute atomic E-state index is 0. The Labute approximate surface area is 754 Å². The van der Waals surface area contributed by atoms with Crippen LogP contribution < -0.4 is 46.9 Å². The predicted octanol–water partition coefficient (Wildman–Crippen LogP) is 22.9. The maximum absolute atomic E-state index is 13.6. The first-order valence-electron chi connectivity index (χ1n) is 41.3. The second-order valence-corrected chi connectivity index (χ2v) is 34.5. The van der Waals surface area contributed by atoms with Crippen molar-refractivity contribution >= 4 is 98.1 Å². The average Bonchev–Trinajstić information content (AvgIpc) is 1.51. The molecule has 15 rings (SSSR count). The maximum atomic E-state index is 13.6. The summed E-state index contributed by atoms with van der Waals surface area (Å²) in [6, 6.07) is 56.5. The molecule has 128 heavy (non-hydrogen) atoms. The van der Waals surface area contributed by atoms with Gasteiger partial charge in [0.15, 0.2) is 0 Å². The Bertz CT molecular complexity index is 5690. The third-order valence-electron chi connectivity index (χ3n) is 21.1. The molecular weight excluding hydrogens is 1700 g/mol. The standard InChI is InChI=1S/C34H36FN3O5S.C29H28FN3O3S.C17H19FN2O2.C17H19NO4S.CH4.FH/c1-5-42-29-21-44-31(38-29)34(16-18-41-19-17-34)25-11-6-23(7-12-25)30(39)36-28-20-24(22-8-13-26(35)14-9-22)10-15-27(28)37-32(40)43-33(2,3)4;1-2-36-26-18-37-28(33-26)29(13-15-35-16-14-29)22-8-3-20(4-9-22)27(34)32-25-17-21(7-12-24(25)31)19-5-10-23(30)11-6-19;1-17(2,3)22-16(21)20-15-9-6-12(10-14(15)19)11-4-7-13(18)8-5-11;1-2-22-14-11-23-16(18-14)17(7-9-21-10-8-17)13-5-3-12(4-6-13)15(19)20;;/h6-15,20-21H,5,16-19H2,1-4H3,(H,36,39)(H,37,40);3-12,17-18H,2,13-16,31H2,1H3,(H,32,34);4-10H,19H2,1-3H3,(H,20,21);3-6,11H,2,7-10H2,1H3,(H,19,20);1H4;1H. The molecular formula is C98H107F4N9O14S3. The first-order chi connectivity index (χ1) is 60.4. The van der Waals surface area contributed by atoms with Crippen LogP contribution in [-0.4, -0.2) is 121 Å². The molecule has 6 heterocycles. The van der Waals surface area contributed by atoms with Crippen LogP contribution in [0.1, 0.15) is 171 Å². The number of nitrogens with two attached hydrogens (primary N) is 2. The first kappa shape index (κ1) is 97.6. The lowest BCUT2D eigenvalue weighted by Gasteiger charge is -2.36. The van der Waals surface area contributed by atoms with Crippen LogP contribution in [0.25, 0.3) is 33.4 Å². The number of nitrogens with zero attached hydrogens (tertiary/aromatic N) is 3. The van der Waals surface area contributed by atoms with Gasteiger partial charge in [0.05, 0.1) is 91.9 Å². The number of aromatic carboxylic acids is 1. The number of halogens is 4. The summed E-state index contributed by atoms with van der Waals surface area (Å²) < 4.78 is 84.0. The van der Waals surface area contributed by atoms with Crippen molar-refractivity contribution in [3.8, 4) is 51.0 Å². The van der Waals surface area contributed by atoms with Gasteiger partial charge in [0.25, 0.3) is 11.8 Å². The van der Waals surface area contributed by atoms with Crippen LogP contribution in [0, 0.1) is 17.5 Å². The van der Waals surface area contributed by atoms with Crippen molar-refractivity contribution in [3.05, 3.63) is 282 Å².